The van der Waals surface area contributed by atoms with E-state index in [-0.39, 0.29) is 6.09 Å². The number of carbonyl (C=O) groups is 1. The Labute approximate surface area is 111 Å². The van der Waals surface area contributed by atoms with Gasteiger partial charge in [0, 0.05) is 0 Å². The number of nitrogens with zero attached hydrogens (tertiary/aromatic N) is 2. The Bertz CT molecular complexity index is 427. The minimum Gasteiger partial charge on any atom is -0.444 e. The number of thioether (sulfide) groups is 1. The van der Waals surface area contributed by atoms with E-state index in [4.69, 9.17) is 4.74 Å². The second kappa shape index (κ2) is 4.84. The Morgan fingerprint density at radius 1 is 1.50 bits per heavy atom. The molecule has 0 fully saturated rings. The summed E-state index contributed by atoms with van der Waals surface area (Å²) < 4.78 is 5.34. The molecule has 2 heterocycles. The highest BCUT2D eigenvalue weighted by Gasteiger charge is 2.30. The molecule has 1 aromatic rings. The number of hydrogen-bond donors (Lipinski definition) is 1. The minimum atomic E-state index is -0.454. The van der Waals surface area contributed by atoms with E-state index < -0.39 is 5.60 Å². The zero-order chi connectivity index (χ0) is 13.3. The van der Waals surface area contributed by atoms with E-state index in [9.17, 15) is 4.79 Å². The van der Waals surface area contributed by atoms with Crippen molar-refractivity contribution in [2.24, 2.45) is 0 Å². The highest BCUT2D eigenvalue weighted by molar-refractivity contribution is 7.99. The van der Waals surface area contributed by atoms with Crippen molar-refractivity contribution >= 4 is 17.9 Å². The van der Waals surface area contributed by atoms with Crippen LogP contribution in [-0.4, -0.2) is 32.3 Å². The topological polar surface area (TPSA) is 58.2 Å². The molecule has 0 saturated carbocycles. The van der Waals surface area contributed by atoms with Gasteiger partial charge in [-0.3, -0.25) is 4.90 Å². The van der Waals surface area contributed by atoms with Crippen molar-refractivity contribution in [2.45, 2.75) is 51.5 Å². The van der Waals surface area contributed by atoms with Gasteiger partial charge >= 0.3 is 6.09 Å². The van der Waals surface area contributed by atoms with Gasteiger partial charge in [-0.2, -0.15) is 0 Å². The molecule has 1 aliphatic rings. The Morgan fingerprint density at radius 2 is 2.22 bits per heavy atom. The molecule has 2 rings (SSSR count). The summed E-state index contributed by atoms with van der Waals surface area (Å²) >= 11 is 1.68. The van der Waals surface area contributed by atoms with Gasteiger partial charge in [0.15, 0.2) is 5.16 Å². The number of rotatable bonds is 2. The number of H-pyrrole nitrogens is 1. The van der Waals surface area contributed by atoms with Crippen LogP contribution in [0.25, 0.3) is 0 Å². The normalized spacial score (nSPS) is 14.8. The van der Waals surface area contributed by atoms with E-state index in [1.165, 1.54) is 0 Å². The number of amides is 1. The monoisotopic (exact) mass is 269 g/mol. The van der Waals surface area contributed by atoms with Crippen molar-refractivity contribution in [1.29, 1.82) is 0 Å². The molecular formula is C12H19N3O2S. The van der Waals surface area contributed by atoms with Crippen molar-refractivity contribution in [3.8, 4) is 0 Å². The van der Waals surface area contributed by atoms with Gasteiger partial charge < -0.3 is 9.72 Å². The first kappa shape index (κ1) is 13.3. The van der Waals surface area contributed by atoms with Gasteiger partial charge in [0.1, 0.15) is 5.60 Å². The highest BCUT2D eigenvalue weighted by atomic mass is 32.2. The average Bonchev–Trinajstić information content (AvgIpc) is 2.72. The summed E-state index contributed by atoms with van der Waals surface area (Å²) in [5.41, 5.74) is 1.53. The van der Waals surface area contributed by atoms with Gasteiger partial charge in [0.2, 0.25) is 0 Å². The summed E-state index contributed by atoms with van der Waals surface area (Å²) in [7, 11) is 0. The Morgan fingerprint density at radius 3 is 2.78 bits per heavy atom. The number of nitrogens with one attached hydrogen (secondary N) is 1. The Balaban J connectivity index is 1.98. The highest BCUT2D eigenvalue weighted by Crippen LogP contribution is 2.25. The summed E-state index contributed by atoms with van der Waals surface area (Å²) in [6.07, 6.45) is -0.279. The fraction of sp³-hybridized carbons (Fsp3) is 0.667. The fourth-order valence-electron chi connectivity index (χ4n) is 1.77. The molecule has 1 aliphatic heterocycles. The lowest BCUT2D eigenvalue weighted by atomic mass is 10.2. The summed E-state index contributed by atoms with van der Waals surface area (Å²) in [6, 6.07) is 0. The molecule has 0 radical (unpaired) electrons. The summed E-state index contributed by atoms with van der Waals surface area (Å²) in [4.78, 5) is 21.3. The molecule has 0 aromatic carbocycles. The van der Waals surface area contributed by atoms with E-state index in [2.05, 4.69) is 16.9 Å². The van der Waals surface area contributed by atoms with Crippen LogP contribution in [0.4, 0.5) is 4.79 Å². The van der Waals surface area contributed by atoms with E-state index in [1.807, 2.05) is 20.8 Å². The quantitative estimate of drug-likeness (QED) is 0.839. The second-order valence-electron chi connectivity index (χ2n) is 5.24. The predicted molar refractivity (Wildman–Crippen MR) is 70.5 cm³/mol. The number of hydrogen-bond acceptors (Lipinski definition) is 4. The van der Waals surface area contributed by atoms with E-state index >= 15 is 0 Å². The number of fused-ring (bicyclic) bond motifs is 1. The molecule has 0 spiro atoms. The Kier molecular flexibility index (Phi) is 3.56. The molecule has 1 aromatic heterocycles. The average molecular weight is 269 g/mol. The van der Waals surface area contributed by atoms with Crippen LogP contribution in [0, 0.1) is 0 Å². The maximum atomic E-state index is 11.9. The smallest absolute Gasteiger partial charge is 0.410 e. The summed E-state index contributed by atoms with van der Waals surface area (Å²) in [6.45, 7) is 8.79. The fourth-order valence-corrected chi connectivity index (χ4v) is 2.41. The third-order valence-electron chi connectivity index (χ3n) is 2.47. The molecule has 0 saturated heterocycles. The third kappa shape index (κ3) is 2.98. The van der Waals surface area contributed by atoms with Gasteiger partial charge in [0.25, 0.3) is 0 Å². The first-order chi connectivity index (χ1) is 8.39. The number of ether oxygens (including phenoxy) is 1. The van der Waals surface area contributed by atoms with E-state index in [1.54, 1.807) is 16.7 Å². The van der Waals surface area contributed by atoms with Crippen LogP contribution in [-0.2, 0) is 17.8 Å². The second-order valence-corrected chi connectivity index (χ2v) is 6.49. The van der Waals surface area contributed by atoms with Crippen LogP contribution in [0.15, 0.2) is 5.16 Å². The molecule has 0 unspecified atom stereocenters. The van der Waals surface area contributed by atoms with Gasteiger partial charge in [-0.25, -0.2) is 9.78 Å². The first-order valence-corrected chi connectivity index (χ1v) is 7.06. The predicted octanol–water partition coefficient (Wildman–Crippen LogP) is 2.77. The van der Waals surface area contributed by atoms with E-state index in [0.29, 0.717) is 13.1 Å². The maximum absolute atomic E-state index is 11.9. The SMILES string of the molecule is CCSc1nc2c([nH]1)CN(C(=O)OC(C)(C)C)C2. The number of carbonyl (C=O) groups excluding carboxylic acids is 1. The van der Waals surface area contributed by atoms with Crippen LogP contribution >= 0.6 is 11.8 Å². The van der Waals surface area contributed by atoms with Crippen LogP contribution in [0.2, 0.25) is 0 Å². The molecule has 0 aliphatic carbocycles. The molecular weight excluding hydrogens is 250 g/mol. The van der Waals surface area contributed by atoms with Crippen LogP contribution in [0.1, 0.15) is 39.1 Å². The lowest BCUT2D eigenvalue weighted by Crippen LogP contribution is -2.33. The number of imidazole rings is 1. The van der Waals surface area contributed by atoms with E-state index in [0.717, 1.165) is 22.3 Å². The molecule has 6 heteroatoms. The van der Waals surface area contributed by atoms with Crippen LogP contribution in [0.5, 0.6) is 0 Å². The van der Waals surface area contributed by atoms with Gasteiger partial charge in [-0.05, 0) is 26.5 Å². The third-order valence-corrected chi connectivity index (χ3v) is 3.22. The summed E-state index contributed by atoms with van der Waals surface area (Å²) in [5, 5.41) is 0.936. The molecule has 18 heavy (non-hydrogen) atoms. The van der Waals surface area contributed by atoms with Crippen LogP contribution < -0.4 is 0 Å². The first-order valence-electron chi connectivity index (χ1n) is 6.07. The van der Waals surface area contributed by atoms with Crippen molar-refractivity contribution in [3.05, 3.63) is 11.4 Å². The molecule has 100 valence electrons. The lowest BCUT2D eigenvalue weighted by molar-refractivity contribution is 0.0238. The van der Waals surface area contributed by atoms with Gasteiger partial charge in [-0.15, -0.1) is 0 Å². The van der Waals surface area contributed by atoms with Crippen molar-refractivity contribution < 1.29 is 9.53 Å². The maximum Gasteiger partial charge on any atom is 0.410 e. The molecule has 5 nitrogen and oxygen atoms in total. The minimum absolute atomic E-state index is 0.279. The standard InChI is InChI=1S/C12H19N3O2S/c1-5-18-10-13-8-6-15(7-9(8)14-10)11(16)17-12(2,3)4/h5-7H2,1-4H3,(H,13,14). The number of aromatic amines is 1. The zero-order valence-electron chi connectivity index (χ0n) is 11.2. The summed E-state index contributed by atoms with van der Waals surface area (Å²) in [5.74, 6) is 0.988. The molecule has 0 bridgehead atoms. The zero-order valence-corrected chi connectivity index (χ0v) is 12.1. The number of aromatic nitrogens is 2. The van der Waals surface area contributed by atoms with Crippen molar-refractivity contribution in [1.82, 2.24) is 14.9 Å². The van der Waals surface area contributed by atoms with Gasteiger partial charge in [-0.1, -0.05) is 18.7 Å². The van der Waals surface area contributed by atoms with Crippen LogP contribution in [0.3, 0.4) is 0 Å². The van der Waals surface area contributed by atoms with Gasteiger partial charge in [0.05, 0.1) is 24.5 Å². The molecule has 1 N–H and O–H groups in total. The van der Waals surface area contributed by atoms with Crippen molar-refractivity contribution in [2.75, 3.05) is 5.75 Å². The van der Waals surface area contributed by atoms with Crippen molar-refractivity contribution in [3.63, 3.8) is 0 Å². The Hall–Kier alpha value is -1.17. The molecule has 1 amide bonds. The lowest BCUT2D eigenvalue weighted by Gasteiger charge is -2.24. The molecule has 0 atom stereocenters. The largest absolute Gasteiger partial charge is 0.444 e.